The Morgan fingerprint density at radius 1 is 1.24 bits per heavy atom. The number of benzene rings is 1. The van der Waals surface area contributed by atoms with Gasteiger partial charge in [0.25, 0.3) is 5.56 Å². The van der Waals surface area contributed by atoms with Crippen LogP contribution in [-0.4, -0.2) is 40.8 Å². The van der Waals surface area contributed by atoms with E-state index in [1.54, 1.807) is 22.9 Å². The molecule has 0 radical (unpaired) electrons. The summed E-state index contributed by atoms with van der Waals surface area (Å²) in [6.45, 7) is 2.50. The Labute approximate surface area is 163 Å². The molecule has 0 aliphatic rings. The maximum absolute atomic E-state index is 12.3. The first-order valence-electron chi connectivity index (χ1n) is 9.05. The van der Waals surface area contributed by atoms with E-state index in [9.17, 15) is 19.5 Å². The Bertz CT molecular complexity index is 1330. The van der Waals surface area contributed by atoms with Gasteiger partial charge in [0.1, 0.15) is 5.82 Å². The molecule has 0 saturated heterocycles. The minimum atomic E-state index is -0.996. The maximum Gasteiger partial charge on any atom is 0.335 e. The predicted molar refractivity (Wildman–Crippen MR) is 105 cm³/mol. The number of carboxylic acid groups (broad SMARTS) is 1. The van der Waals surface area contributed by atoms with E-state index in [2.05, 4.69) is 25.1 Å². The van der Waals surface area contributed by atoms with E-state index >= 15 is 0 Å². The highest BCUT2D eigenvalue weighted by Crippen LogP contribution is 2.26. The van der Waals surface area contributed by atoms with E-state index in [0.29, 0.717) is 29.9 Å². The smallest absolute Gasteiger partial charge is 0.335 e. The van der Waals surface area contributed by atoms with Gasteiger partial charge < -0.3 is 9.67 Å². The zero-order chi connectivity index (χ0) is 20.5. The number of rotatable bonds is 6. The Kier molecular flexibility index (Phi) is 4.59. The number of imidazole rings is 1. The third kappa shape index (κ3) is 3.35. The number of aromatic nitrogens is 6. The number of nitrogens with one attached hydrogen (secondary N) is 3. The van der Waals surface area contributed by atoms with Gasteiger partial charge >= 0.3 is 11.7 Å². The highest BCUT2D eigenvalue weighted by atomic mass is 16.4. The van der Waals surface area contributed by atoms with Crippen molar-refractivity contribution >= 4 is 17.1 Å². The number of aromatic amines is 3. The zero-order valence-corrected chi connectivity index (χ0v) is 15.5. The minimum Gasteiger partial charge on any atom is -0.478 e. The van der Waals surface area contributed by atoms with Crippen LogP contribution >= 0.6 is 0 Å². The fourth-order valence-corrected chi connectivity index (χ4v) is 3.38. The van der Waals surface area contributed by atoms with Crippen LogP contribution in [0.3, 0.4) is 0 Å². The summed E-state index contributed by atoms with van der Waals surface area (Å²) in [6.07, 6.45) is 2.76. The molecule has 0 fully saturated rings. The zero-order valence-electron chi connectivity index (χ0n) is 15.5. The van der Waals surface area contributed by atoms with Crippen molar-refractivity contribution in [3.05, 3.63) is 68.1 Å². The summed E-state index contributed by atoms with van der Waals surface area (Å²) in [6, 6.07) is 6.65. The van der Waals surface area contributed by atoms with E-state index in [0.717, 1.165) is 17.7 Å². The lowest BCUT2D eigenvalue weighted by atomic mass is 10.0. The number of aryl methyl sites for hydroxylation is 1. The van der Waals surface area contributed by atoms with Crippen molar-refractivity contribution in [2.45, 2.75) is 26.3 Å². The Morgan fingerprint density at radius 2 is 2.07 bits per heavy atom. The fraction of sp³-hybridized carbons (Fsp3) is 0.211. The third-order valence-electron chi connectivity index (χ3n) is 4.60. The molecule has 0 saturated carbocycles. The fourth-order valence-electron chi connectivity index (χ4n) is 3.38. The van der Waals surface area contributed by atoms with Gasteiger partial charge in [-0.05, 0) is 24.1 Å². The van der Waals surface area contributed by atoms with Crippen LogP contribution in [0.5, 0.6) is 0 Å². The van der Waals surface area contributed by atoms with E-state index in [1.807, 2.05) is 13.0 Å². The average Bonchev–Trinajstić information content (AvgIpc) is 3.26. The van der Waals surface area contributed by atoms with Gasteiger partial charge in [-0.2, -0.15) is 5.10 Å². The van der Waals surface area contributed by atoms with Crippen LogP contribution in [0.2, 0.25) is 0 Å². The topological polar surface area (TPSA) is 150 Å². The molecule has 29 heavy (non-hydrogen) atoms. The molecule has 4 aromatic rings. The molecule has 0 spiro atoms. The second-order valence-electron chi connectivity index (χ2n) is 6.64. The van der Waals surface area contributed by atoms with Gasteiger partial charge in [-0.3, -0.25) is 19.9 Å². The molecular weight excluding hydrogens is 376 g/mol. The van der Waals surface area contributed by atoms with Gasteiger partial charge in [0.2, 0.25) is 0 Å². The van der Waals surface area contributed by atoms with Crippen LogP contribution in [0.4, 0.5) is 0 Å². The molecule has 4 N–H and O–H groups in total. The molecule has 0 bridgehead atoms. The maximum atomic E-state index is 12.3. The Balaban J connectivity index is 1.83. The molecule has 0 atom stereocenters. The van der Waals surface area contributed by atoms with Crippen molar-refractivity contribution in [2.24, 2.45) is 0 Å². The van der Waals surface area contributed by atoms with Crippen molar-refractivity contribution in [3.8, 4) is 11.4 Å². The quantitative estimate of drug-likeness (QED) is 0.389. The van der Waals surface area contributed by atoms with Gasteiger partial charge in [-0.15, -0.1) is 0 Å². The monoisotopic (exact) mass is 394 g/mol. The van der Waals surface area contributed by atoms with E-state index in [-0.39, 0.29) is 11.2 Å². The Morgan fingerprint density at radius 3 is 2.83 bits per heavy atom. The first kappa shape index (κ1) is 18.4. The molecular formula is C19H18N6O4. The number of fused-ring (bicyclic) bond motifs is 1. The molecule has 10 nitrogen and oxygen atoms in total. The van der Waals surface area contributed by atoms with Gasteiger partial charge in [-0.1, -0.05) is 19.1 Å². The molecule has 1 aromatic carbocycles. The normalized spacial score (nSPS) is 11.2. The molecule has 148 valence electrons. The number of hydrogen-bond acceptors (Lipinski definition) is 5. The average molecular weight is 394 g/mol. The van der Waals surface area contributed by atoms with Gasteiger partial charge in [0.05, 0.1) is 23.0 Å². The molecule has 0 aliphatic carbocycles. The van der Waals surface area contributed by atoms with Gasteiger partial charge in [0, 0.05) is 13.0 Å². The summed E-state index contributed by atoms with van der Waals surface area (Å²) < 4.78 is 1.76. The third-order valence-corrected chi connectivity index (χ3v) is 4.60. The molecule has 3 heterocycles. The number of aromatic carboxylic acids is 1. The number of carboxylic acids is 1. The lowest BCUT2D eigenvalue weighted by Crippen LogP contribution is -2.23. The SMILES string of the molecule is CCCn1c(-c2cn[nH]c2Cc2cccc(C(=O)O)c2)nc2[nH]c(=O)[nH]c(=O)c21. The van der Waals surface area contributed by atoms with Crippen molar-refractivity contribution in [1.82, 2.24) is 29.7 Å². The highest BCUT2D eigenvalue weighted by molar-refractivity contribution is 5.87. The number of hydrogen-bond donors (Lipinski definition) is 4. The lowest BCUT2D eigenvalue weighted by Gasteiger charge is -2.08. The second kappa shape index (κ2) is 7.23. The van der Waals surface area contributed by atoms with Crippen molar-refractivity contribution in [1.29, 1.82) is 0 Å². The second-order valence-corrected chi connectivity index (χ2v) is 6.64. The summed E-state index contributed by atoms with van der Waals surface area (Å²) in [5.74, 6) is -0.489. The number of nitrogens with zero attached hydrogens (tertiary/aromatic N) is 3. The molecule has 3 aromatic heterocycles. The molecule has 4 rings (SSSR count). The van der Waals surface area contributed by atoms with Crippen LogP contribution < -0.4 is 11.2 Å². The minimum absolute atomic E-state index is 0.200. The predicted octanol–water partition coefficient (Wildman–Crippen LogP) is 1.50. The van der Waals surface area contributed by atoms with Gasteiger partial charge in [0.15, 0.2) is 11.2 Å². The Hall–Kier alpha value is -3.95. The first-order chi connectivity index (χ1) is 14.0. The number of carbonyl (C=O) groups is 1. The summed E-state index contributed by atoms with van der Waals surface area (Å²) in [5, 5.41) is 16.2. The summed E-state index contributed by atoms with van der Waals surface area (Å²) in [5.41, 5.74) is 1.77. The molecule has 10 heteroatoms. The van der Waals surface area contributed by atoms with Crippen LogP contribution in [0.25, 0.3) is 22.6 Å². The van der Waals surface area contributed by atoms with Crippen molar-refractivity contribution in [2.75, 3.05) is 0 Å². The summed E-state index contributed by atoms with van der Waals surface area (Å²) >= 11 is 0. The largest absolute Gasteiger partial charge is 0.478 e. The number of H-pyrrole nitrogens is 3. The lowest BCUT2D eigenvalue weighted by molar-refractivity contribution is 0.0696. The summed E-state index contributed by atoms with van der Waals surface area (Å²) in [4.78, 5) is 44.5. The molecule has 0 amide bonds. The van der Waals surface area contributed by atoms with Crippen molar-refractivity contribution < 1.29 is 9.90 Å². The van der Waals surface area contributed by atoms with Crippen LogP contribution in [-0.2, 0) is 13.0 Å². The standard InChI is InChI=1S/C19H18N6O4/c1-2-6-25-14-15(22-19(29)23-17(14)26)21-16(25)12-9-20-24-13(12)8-10-4-3-5-11(7-10)18(27)28/h3-5,7,9H,2,6,8H2,1H3,(H,20,24)(H,27,28)(H2,22,23,26,29). The van der Waals surface area contributed by atoms with Crippen molar-refractivity contribution in [3.63, 3.8) is 0 Å². The van der Waals surface area contributed by atoms with Crippen LogP contribution in [0, 0.1) is 0 Å². The van der Waals surface area contributed by atoms with E-state index in [4.69, 9.17) is 0 Å². The molecule has 0 unspecified atom stereocenters. The summed E-state index contributed by atoms with van der Waals surface area (Å²) in [7, 11) is 0. The molecule has 0 aliphatic heterocycles. The van der Waals surface area contributed by atoms with E-state index in [1.165, 1.54) is 6.07 Å². The van der Waals surface area contributed by atoms with Crippen LogP contribution in [0.1, 0.15) is 35.0 Å². The highest BCUT2D eigenvalue weighted by Gasteiger charge is 2.20. The van der Waals surface area contributed by atoms with Gasteiger partial charge in [-0.25, -0.2) is 14.6 Å². The van der Waals surface area contributed by atoms with E-state index < -0.39 is 17.2 Å². The van der Waals surface area contributed by atoms with Crippen LogP contribution in [0.15, 0.2) is 40.1 Å². The first-order valence-corrected chi connectivity index (χ1v) is 9.05.